The van der Waals surface area contributed by atoms with E-state index in [4.69, 9.17) is 14.7 Å². The van der Waals surface area contributed by atoms with Crippen molar-refractivity contribution in [1.29, 1.82) is 5.26 Å². The number of hydrogen-bond donors (Lipinski definition) is 1. The fraction of sp³-hybridized carbons (Fsp3) is 0.526. The molecule has 0 aromatic heterocycles. The van der Waals surface area contributed by atoms with Gasteiger partial charge in [0.15, 0.2) is 5.82 Å². The van der Waals surface area contributed by atoms with Gasteiger partial charge in [-0.05, 0) is 32.9 Å². The van der Waals surface area contributed by atoms with Crippen LogP contribution in [0.2, 0.25) is 0 Å². The van der Waals surface area contributed by atoms with Crippen molar-refractivity contribution in [3.05, 3.63) is 24.0 Å². The van der Waals surface area contributed by atoms with Crippen LogP contribution in [0, 0.1) is 17.1 Å². The molecule has 1 aromatic rings. The van der Waals surface area contributed by atoms with Gasteiger partial charge in [-0.3, -0.25) is 4.79 Å². The molecule has 7 nitrogen and oxygen atoms in total. The molecule has 0 bridgehead atoms. The molecule has 2 amide bonds. The van der Waals surface area contributed by atoms with Crippen molar-refractivity contribution in [2.24, 2.45) is 0 Å². The summed E-state index contributed by atoms with van der Waals surface area (Å²) in [6, 6.07) is 5.97. The Hall–Kier alpha value is -2.82. The highest BCUT2D eigenvalue weighted by Crippen LogP contribution is 2.30. The molecule has 0 spiro atoms. The second kappa shape index (κ2) is 8.71. The van der Waals surface area contributed by atoms with Crippen LogP contribution in [0.1, 0.15) is 40.0 Å². The summed E-state index contributed by atoms with van der Waals surface area (Å²) in [4.78, 5) is 25.3. The van der Waals surface area contributed by atoms with Crippen LogP contribution in [-0.2, 0) is 9.53 Å². The lowest BCUT2D eigenvalue weighted by molar-refractivity contribution is -0.115. The van der Waals surface area contributed by atoms with Gasteiger partial charge in [-0.15, -0.1) is 0 Å². The van der Waals surface area contributed by atoms with Gasteiger partial charge in [0.2, 0.25) is 5.91 Å². The molecule has 0 aliphatic carbocycles. The van der Waals surface area contributed by atoms with Crippen LogP contribution in [0.5, 0.6) is 5.75 Å². The summed E-state index contributed by atoms with van der Waals surface area (Å²) in [6.45, 7) is 6.36. The first-order chi connectivity index (χ1) is 12.7. The number of para-hydroxylation sites is 1. The molecule has 27 heavy (non-hydrogen) atoms. The van der Waals surface area contributed by atoms with E-state index in [1.807, 2.05) is 20.8 Å². The van der Waals surface area contributed by atoms with Gasteiger partial charge in [0.25, 0.3) is 0 Å². The quantitative estimate of drug-likeness (QED) is 0.868. The van der Waals surface area contributed by atoms with E-state index in [1.54, 1.807) is 17.0 Å². The topological polar surface area (TPSA) is 91.7 Å². The van der Waals surface area contributed by atoms with Gasteiger partial charge in [-0.1, -0.05) is 6.07 Å². The minimum atomic E-state index is -0.634. The van der Waals surface area contributed by atoms with Crippen molar-refractivity contribution >= 4 is 17.7 Å². The summed E-state index contributed by atoms with van der Waals surface area (Å²) >= 11 is 0. The molecule has 1 aromatic carbocycles. The number of nitriles is 1. The second-order valence-corrected chi connectivity index (χ2v) is 7.28. The van der Waals surface area contributed by atoms with Crippen LogP contribution >= 0.6 is 0 Å². The summed E-state index contributed by atoms with van der Waals surface area (Å²) in [5.41, 5.74) is -0.630. The van der Waals surface area contributed by atoms with E-state index in [1.165, 1.54) is 12.1 Å². The Kier molecular flexibility index (Phi) is 6.61. The fourth-order valence-electron chi connectivity index (χ4n) is 2.64. The SMILES string of the molecule is CC(C)(C)OC(=O)N1CCC(Oc2cccc(F)c2NC(=O)CC#N)CC1. The maximum atomic E-state index is 14.1. The van der Waals surface area contributed by atoms with Crippen LogP contribution in [0.15, 0.2) is 18.2 Å². The average molecular weight is 377 g/mol. The van der Waals surface area contributed by atoms with Crippen molar-refractivity contribution in [2.45, 2.75) is 51.7 Å². The number of nitrogens with one attached hydrogen (secondary N) is 1. The number of piperidine rings is 1. The molecule has 146 valence electrons. The van der Waals surface area contributed by atoms with E-state index in [2.05, 4.69) is 5.32 Å². The number of likely N-dealkylation sites (tertiary alicyclic amines) is 1. The monoisotopic (exact) mass is 377 g/mol. The molecule has 1 saturated heterocycles. The Bertz CT molecular complexity index is 731. The minimum Gasteiger partial charge on any atom is -0.488 e. The van der Waals surface area contributed by atoms with E-state index in [0.29, 0.717) is 25.9 Å². The van der Waals surface area contributed by atoms with Crippen molar-refractivity contribution < 1.29 is 23.5 Å². The smallest absolute Gasteiger partial charge is 0.410 e. The molecule has 2 rings (SSSR count). The van der Waals surface area contributed by atoms with Crippen molar-refractivity contribution in [3.63, 3.8) is 0 Å². The molecule has 1 aliphatic heterocycles. The zero-order valence-electron chi connectivity index (χ0n) is 15.8. The maximum absolute atomic E-state index is 14.1. The number of halogens is 1. The zero-order valence-corrected chi connectivity index (χ0v) is 15.8. The van der Waals surface area contributed by atoms with Crippen LogP contribution in [0.25, 0.3) is 0 Å². The highest BCUT2D eigenvalue weighted by molar-refractivity contribution is 5.93. The summed E-state index contributed by atoms with van der Waals surface area (Å²) in [6.07, 6.45) is 0.151. The first kappa shape index (κ1) is 20.5. The molecular weight excluding hydrogens is 353 g/mol. The highest BCUT2D eigenvalue weighted by Gasteiger charge is 2.28. The third kappa shape index (κ3) is 6.13. The van der Waals surface area contributed by atoms with Crippen molar-refractivity contribution in [3.8, 4) is 11.8 Å². The summed E-state index contributed by atoms with van der Waals surface area (Å²) in [5.74, 6) is -1.03. The number of carbonyl (C=O) groups is 2. The standard InChI is InChI=1S/C19H24FN3O4/c1-19(2,3)27-18(25)23-11-8-13(9-12-23)26-15-6-4-5-14(20)17(15)22-16(24)7-10-21/h4-6,13H,7-9,11-12H2,1-3H3,(H,22,24). The Balaban J connectivity index is 1.97. The number of anilines is 1. The van der Waals surface area contributed by atoms with Gasteiger partial charge in [-0.25, -0.2) is 9.18 Å². The van der Waals surface area contributed by atoms with Crippen LogP contribution < -0.4 is 10.1 Å². The molecule has 1 N–H and O–H groups in total. The molecular formula is C19H24FN3O4. The predicted octanol–water partition coefficient (Wildman–Crippen LogP) is 3.46. The minimum absolute atomic E-state index is 0.0766. The van der Waals surface area contributed by atoms with Gasteiger partial charge >= 0.3 is 6.09 Å². The van der Waals surface area contributed by atoms with E-state index < -0.39 is 17.3 Å². The molecule has 1 aliphatic rings. The number of hydrogen-bond acceptors (Lipinski definition) is 5. The lowest BCUT2D eigenvalue weighted by Gasteiger charge is -2.33. The van der Waals surface area contributed by atoms with Crippen LogP contribution in [0.3, 0.4) is 0 Å². The molecule has 1 heterocycles. The Morgan fingerprint density at radius 1 is 1.33 bits per heavy atom. The van der Waals surface area contributed by atoms with Gasteiger partial charge in [0.05, 0.1) is 6.07 Å². The van der Waals surface area contributed by atoms with E-state index >= 15 is 0 Å². The summed E-state index contributed by atoms with van der Waals surface area (Å²) in [5, 5.41) is 11.0. The molecule has 0 unspecified atom stereocenters. The molecule has 0 atom stereocenters. The summed E-state index contributed by atoms with van der Waals surface area (Å²) < 4.78 is 25.3. The largest absolute Gasteiger partial charge is 0.488 e. The zero-order chi connectivity index (χ0) is 20.0. The number of amides is 2. The van der Waals surface area contributed by atoms with E-state index in [-0.39, 0.29) is 30.1 Å². The normalized spacial score (nSPS) is 15.0. The number of carbonyl (C=O) groups excluding carboxylic acids is 2. The van der Waals surface area contributed by atoms with Gasteiger partial charge in [0.1, 0.15) is 29.6 Å². The predicted molar refractivity (Wildman–Crippen MR) is 96.7 cm³/mol. The Morgan fingerprint density at radius 3 is 2.59 bits per heavy atom. The third-order valence-corrected chi connectivity index (χ3v) is 3.87. The average Bonchev–Trinajstić information content (AvgIpc) is 2.57. The number of ether oxygens (including phenoxy) is 2. The molecule has 0 radical (unpaired) electrons. The lowest BCUT2D eigenvalue weighted by Crippen LogP contribution is -2.44. The molecule has 0 saturated carbocycles. The van der Waals surface area contributed by atoms with E-state index in [0.717, 1.165) is 0 Å². The second-order valence-electron chi connectivity index (χ2n) is 7.28. The number of benzene rings is 1. The fourth-order valence-corrected chi connectivity index (χ4v) is 2.64. The molecule has 8 heteroatoms. The van der Waals surface area contributed by atoms with Crippen molar-refractivity contribution in [1.82, 2.24) is 4.90 Å². The van der Waals surface area contributed by atoms with E-state index in [9.17, 15) is 14.0 Å². The lowest BCUT2D eigenvalue weighted by atomic mass is 10.1. The third-order valence-electron chi connectivity index (χ3n) is 3.87. The van der Waals surface area contributed by atoms with Crippen molar-refractivity contribution in [2.75, 3.05) is 18.4 Å². The van der Waals surface area contributed by atoms with Crippen LogP contribution in [0.4, 0.5) is 14.9 Å². The molecule has 1 fully saturated rings. The Morgan fingerprint density at radius 2 is 2.00 bits per heavy atom. The Labute approximate surface area is 158 Å². The number of nitrogens with zero attached hydrogens (tertiary/aromatic N) is 2. The summed E-state index contributed by atoms with van der Waals surface area (Å²) in [7, 11) is 0. The first-order valence-electron chi connectivity index (χ1n) is 8.79. The highest BCUT2D eigenvalue weighted by atomic mass is 19.1. The maximum Gasteiger partial charge on any atom is 0.410 e. The van der Waals surface area contributed by atoms with Crippen LogP contribution in [-0.4, -0.2) is 41.7 Å². The van der Waals surface area contributed by atoms with Gasteiger partial charge in [-0.2, -0.15) is 5.26 Å². The first-order valence-corrected chi connectivity index (χ1v) is 8.79. The number of rotatable bonds is 4. The van der Waals surface area contributed by atoms with Gasteiger partial charge in [0, 0.05) is 25.9 Å². The van der Waals surface area contributed by atoms with Gasteiger partial charge < -0.3 is 19.7 Å².